The summed E-state index contributed by atoms with van der Waals surface area (Å²) < 4.78 is 0. The lowest BCUT2D eigenvalue weighted by atomic mass is 9.90. The van der Waals surface area contributed by atoms with E-state index in [0.717, 1.165) is 52.1 Å². The molecule has 1 aliphatic carbocycles. The molecule has 4 heteroatoms. The number of rotatable bonds is 2. The average Bonchev–Trinajstić information content (AvgIpc) is 2.97. The molecule has 3 fully saturated rings. The van der Waals surface area contributed by atoms with Gasteiger partial charge >= 0.3 is 0 Å². The third-order valence-corrected chi connectivity index (χ3v) is 5.60. The van der Waals surface area contributed by atoms with Crippen LogP contribution in [0, 0.1) is 5.92 Å². The summed E-state index contributed by atoms with van der Waals surface area (Å²) in [4.78, 5) is 17.6. The van der Waals surface area contributed by atoms with Crippen LogP contribution in [0.2, 0.25) is 0 Å². The highest BCUT2D eigenvalue weighted by Gasteiger charge is 2.33. The number of carbonyl (C=O) groups excluding carboxylic acids is 1. The van der Waals surface area contributed by atoms with Gasteiger partial charge in [-0.05, 0) is 19.3 Å². The highest BCUT2D eigenvalue weighted by molar-refractivity contribution is 5.79. The Morgan fingerprint density at radius 2 is 1.52 bits per heavy atom. The number of hydrogen-bond donors (Lipinski definition) is 1. The molecule has 3 rings (SSSR count). The summed E-state index contributed by atoms with van der Waals surface area (Å²) in [6.07, 6.45) is 9.98. The molecule has 2 heterocycles. The van der Waals surface area contributed by atoms with Crippen molar-refractivity contribution in [3.8, 4) is 0 Å². The number of likely N-dealkylation sites (tertiary alicyclic amines) is 1. The van der Waals surface area contributed by atoms with E-state index in [9.17, 15) is 4.79 Å². The van der Waals surface area contributed by atoms with Gasteiger partial charge in [-0.2, -0.15) is 0 Å². The molecule has 0 radical (unpaired) electrons. The van der Waals surface area contributed by atoms with Crippen LogP contribution in [0.3, 0.4) is 0 Å². The zero-order valence-corrected chi connectivity index (χ0v) is 13.4. The van der Waals surface area contributed by atoms with Crippen molar-refractivity contribution in [2.75, 3.05) is 39.3 Å². The van der Waals surface area contributed by atoms with Gasteiger partial charge < -0.3 is 10.2 Å². The first-order valence-corrected chi connectivity index (χ1v) is 9.08. The molecule has 2 aliphatic heterocycles. The van der Waals surface area contributed by atoms with Crippen molar-refractivity contribution in [2.45, 2.75) is 57.4 Å². The van der Waals surface area contributed by atoms with Gasteiger partial charge in [0.25, 0.3) is 0 Å². The average molecular weight is 293 g/mol. The van der Waals surface area contributed by atoms with Gasteiger partial charge in [0.2, 0.25) is 5.91 Å². The van der Waals surface area contributed by atoms with Crippen molar-refractivity contribution in [3.63, 3.8) is 0 Å². The molecule has 1 saturated carbocycles. The van der Waals surface area contributed by atoms with Crippen LogP contribution in [0.25, 0.3) is 0 Å². The third-order valence-electron chi connectivity index (χ3n) is 5.60. The first kappa shape index (κ1) is 15.3. The Balaban J connectivity index is 1.50. The van der Waals surface area contributed by atoms with Crippen LogP contribution in [0.15, 0.2) is 0 Å². The lowest BCUT2D eigenvalue weighted by molar-refractivity contribution is -0.135. The fourth-order valence-electron chi connectivity index (χ4n) is 4.25. The Bertz CT molecular complexity index is 333. The van der Waals surface area contributed by atoms with Gasteiger partial charge in [0, 0.05) is 51.2 Å². The zero-order chi connectivity index (χ0) is 14.5. The Morgan fingerprint density at radius 3 is 2.24 bits per heavy atom. The molecular weight excluding hydrogens is 262 g/mol. The number of piperazine rings is 1. The molecule has 0 aromatic rings. The first-order valence-electron chi connectivity index (χ1n) is 9.08. The van der Waals surface area contributed by atoms with Crippen molar-refractivity contribution < 1.29 is 4.79 Å². The molecule has 1 N–H and O–H groups in total. The highest BCUT2D eigenvalue weighted by Crippen LogP contribution is 2.26. The summed E-state index contributed by atoms with van der Waals surface area (Å²) in [5.74, 6) is 0.793. The molecule has 0 spiro atoms. The highest BCUT2D eigenvalue weighted by atomic mass is 16.2. The summed E-state index contributed by atoms with van der Waals surface area (Å²) in [7, 11) is 0. The lowest BCUT2D eigenvalue weighted by Crippen LogP contribution is -2.49. The van der Waals surface area contributed by atoms with Crippen LogP contribution >= 0.6 is 0 Å². The summed E-state index contributed by atoms with van der Waals surface area (Å²) in [6, 6.07) is 0.615. The van der Waals surface area contributed by atoms with Crippen LogP contribution in [-0.2, 0) is 4.79 Å². The largest absolute Gasteiger partial charge is 0.341 e. The van der Waals surface area contributed by atoms with Crippen LogP contribution in [-0.4, -0.2) is 61.0 Å². The molecular formula is C17H31N3O. The Kier molecular flexibility index (Phi) is 5.53. The monoisotopic (exact) mass is 293 g/mol. The minimum Gasteiger partial charge on any atom is -0.341 e. The summed E-state index contributed by atoms with van der Waals surface area (Å²) in [5.41, 5.74) is 0. The molecule has 1 atom stereocenters. The SMILES string of the molecule is O=C(C1CCCCCCC1)N1CCC(N2CCNCC2)C1. The van der Waals surface area contributed by atoms with E-state index in [-0.39, 0.29) is 0 Å². The van der Waals surface area contributed by atoms with E-state index in [4.69, 9.17) is 0 Å². The van der Waals surface area contributed by atoms with Gasteiger partial charge in [-0.3, -0.25) is 9.69 Å². The zero-order valence-electron chi connectivity index (χ0n) is 13.4. The molecule has 0 aromatic carbocycles. The molecule has 3 aliphatic rings. The van der Waals surface area contributed by atoms with E-state index in [1.807, 2.05) is 0 Å². The second kappa shape index (κ2) is 7.59. The van der Waals surface area contributed by atoms with Gasteiger partial charge in [0.15, 0.2) is 0 Å². The van der Waals surface area contributed by atoms with E-state index in [2.05, 4.69) is 15.1 Å². The predicted octanol–water partition coefficient (Wildman–Crippen LogP) is 1.85. The van der Waals surface area contributed by atoms with Gasteiger partial charge in [0.05, 0.1) is 0 Å². The van der Waals surface area contributed by atoms with E-state index < -0.39 is 0 Å². The van der Waals surface area contributed by atoms with Crippen molar-refractivity contribution in [1.29, 1.82) is 0 Å². The van der Waals surface area contributed by atoms with E-state index in [0.29, 0.717) is 17.9 Å². The lowest BCUT2D eigenvalue weighted by Gasteiger charge is -2.33. The van der Waals surface area contributed by atoms with Crippen LogP contribution in [0.5, 0.6) is 0 Å². The maximum atomic E-state index is 12.8. The molecule has 0 bridgehead atoms. The minimum atomic E-state index is 0.326. The number of hydrogen-bond acceptors (Lipinski definition) is 3. The molecule has 120 valence electrons. The van der Waals surface area contributed by atoms with Gasteiger partial charge in [-0.25, -0.2) is 0 Å². The van der Waals surface area contributed by atoms with Crippen molar-refractivity contribution in [2.24, 2.45) is 5.92 Å². The molecule has 1 amide bonds. The van der Waals surface area contributed by atoms with Crippen molar-refractivity contribution in [3.05, 3.63) is 0 Å². The standard InChI is InChI=1S/C17H31N3O/c21-17(15-6-4-2-1-3-5-7-15)20-11-8-16(14-20)19-12-9-18-10-13-19/h15-16,18H,1-14H2. The van der Waals surface area contributed by atoms with Gasteiger partial charge in [-0.1, -0.05) is 32.1 Å². The maximum absolute atomic E-state index is 12.8. The maximum Gasteiger partial charge on any atom is 0.225 e. The Hall–Kier alpha value is -0.610. The Labute approximate surface area is 129 Å². The van der Waals surface area contributed by atoms with E-state index >= 15 is 0 Å². The second-order valence-corrected chi connectivity index (χ2v) is 7.05. The number of nitrogens with zero attached hydrogens (tertiary/aromatic N) is 2. The van der Waals surface area contributed by atoms with Crippen LogP contribution < -0.4 is 5.32 Å². The fourth-order valence-corrected chi connectivity index (χ4v) is 4.25. The Morgan fingerprint density at radius 1 is 0.857 bits per heavy atom. The smallest absolute Gasteiger partial charge is 0.225 e. The molecule has 0 aromatic heterocycles. The second-order valence-electron chi connectivity index (χ2n) is 7.05. The van der Waals surface area contributed by atoms with Crippen LogP contribution in [0.1, 0.15) is 51.4 Å². The number of nitrogens with one attached hydrogen (secondary N) is 1. The van der Waals surface area contributed by atoms with Crippen LogP contribution in [0.4, 0.5) is 0 Å². The first-order chi connectivity index (χ1) is 10.3. The predicted molar refractivity (Wildman–Crippen MR) is 85.2 cm³/mol. The third kappa shape index (κ3) is 3.98. The number of carbonyl (C=O) groups is 1. The molecule has 2 saturated heterocycles. The molecule has 1 unspecified atom stereocenters. The topological polar surface area (TPSA) is 35.6 Å². The minimum absolute atomic E-state index is 0.326. The van der Waals surface area contributed by atoms with Crippen molar-refractivity contribution in [1.82, 2.24) is 15.1 Å². The van der Waals surface area contributed by atoms with Gasteiger partial charge in [-0.15, -0.1) is 0 Å². The number of amides is 1. The summed E-state index contributed by atoms with van der Waals surface area (Å²) >= 11 is 0. The van der Waals surface area contributed by atoms with Crippen molar-refractivity contribution >= 4 is 5.91 Å². The fraction of sp³-hybridized carbons (Fsp3) is 0.941. The molecule has 4 nitrogen and oxygen atoms in total. The summed E-state index contributed by atoms with van der Waals surface area (Å²) in [6.45, 7) is 6.48. The van der Waals surface area contributed by atoms with Gasteiger partial charge in [0.1, 0.15) is 0 Å². The van der Waals surface area contributed by atoms with E-state index in [1.54, 1.807) is 0 Å². The van der Waals surface area contributed by atoms with E-state index in [1.165, 1.54) is 38.5 Å². The summed E-state index contributed by atoms with van der Waals surface area (Å²) in [5, 5.41) is 3.41. The quantitative estimate of drug-likeness (QED) is 0.844. The molecule has 21 heavy (non-hydrogen) atoms. The normalized spacial score (nSPS) is 30.1.